The average molecular weight is 321 g/mol. The Labute approximate surface area is 143 Å². The first-order valence-electron chi connectivity index (χ1n) is 8.42. The third-order valence-corrected chi connectivity index (χ3v) is 4.54. The predicted molar refractivity (Wildman–Crippen MR) is 96.6 cm³/mol. The van der Waals surface area contributed by atoms with E-state index in [0.29, 0.717) is 0 Å². The molecule has 1 aliphatic rings. The van der Waals surface area contributed by atoms with Crippen molar-refractivity contribution in [1.29, 1.82) is 0 Å². The second kappa shape index (κ2) is 7.93. The van der Waals surface area contributed by atoms with E-state index < -0.39 is 0 Å². The normalized spacial score (nSPS) is 17.0. The van der Waals surface area contributed by atoms with Crippen LogP contribution in [0.25, 0.3) is 5.57 Å². The standard InChI is InChI=1S/C21H23NO2/c1-24-21(23)20-14-16-22(20)15-8-13-19(17-9-4-2-5-10-17)18-11-6-3-7-12-18/h2-7,9-13,20H,8,14-16H2,1H3. The Morgan fingerprint density at radius 1 is 1.08 bits per heavy atom. The zero-order chi connectivity index (χ0) is 16.8. The molecule has 0 amide bonds. The van der Waals surface area contributed by atoms with Gasteiger partial charge in [-0.05, 0) is 29.5 Å². The first kappa shape index (κ1) is 16.5. The van der Waals surface area contributed by atoms with Gasteiger partial charge < -0.3 is 4.74 Å². The highest BCUT2D eigenvalue weighted by atomic mass is 16.5. The Kier molecular flexibility index (Phi) is 5.44. The number of esters is 1. The molecule has 2 aromatic carbocycles. The van der Waals surface area contributed by atoms with Crippen molar-refractivity contribution in [3.63, 3.8) is 0 Å². The molecule has 1 atom stereocenters. The summed E-state index contributed by atoms with van der Waals surface area (Å²) in [6.45, 7) is 1.85. The summed E-state index contributed by atoms with van der Waals surface area (Å²) < 4.78 is 4.85. The van der Waals surface area contributed by atoms with Crippen molar-refractivity contribution in [1.82, 2.24) is 4.90 Å². The molecule has 0 aromatic heterocycles. The van der Waals surface area contributed by atoms with Gasteiger partial charge in [0.05, 0.1) is 7.11 Å². The number of hydrogen-bond donors (Lipinski definition) is 0. The van der Waals surface area contributed by atoms with Crippen molar-refractivity contribution in [2.45, 2.75) is 18.9 Å². The number of carbonyl (C=O) groups excluding carboxylic acids is 1. The number of likely N-dealkylation sites (tertiary alicyclic amines) is 1. The van der Waals surface area contributed by atoms with E-state index in [9.17, 15) is 4.79 Å². The fourth-order valence-corrected chi connectivity index (χ4v) is 3.12. The van der Waals surface area contributed by atoms with Crippen LogP contribution in [0.4, 0.5) is 0 Å². The average Bonchev–Trinajstić information content (AvgIpc) is 2.62. The topological polar surface area (TPSA) is 29.5 Å². The van der Waals surface area contributed by atoms with E-state index in [-0.39, 0.29) is 12.0 Å². The lowest BCUT2D eigenvalue weighted by Crippen LogP contribution is -2.52. The fourth-order valence-electron chi connectivity index (χ4n) is 3.12. The minimum absolute atomic E-state index is 0.0553. The summed E-state index contributed by atoms with van der Waals surface area (Å²) in [6, 6.07) is 20.8. The molecular weight excluding hydrogens is 298 g/mol. The molecule has 1 unspecified atom stereocenters. The lowest BCUT2D eigenvalue weighted by atomic mass is 9.96. The smallest absolute Gasteiger partial charge is 0.323 e. The molecule has 0 saturated carbocycles. The largest absolute Gasteiger partial charge is 0.468 e. The van der Waals surface area contributed by atoms with Crippen LogP contribution in [0.1, 0.15) is 24.0 Å². The molecule has 0 N–H and O–H groups in total. The molecule has 0 aliphatic carbocycles. The zero-order valence-corrected chi connectivity index (χ0v) is 14.0. The fraction of sp³-hybridized carbons (Fsp3) is 0.286. The third-order valence-electron chi connectivity index (χ3n) is 4.54. The van der Waals surface area contributed by atoms with E-state index in [2.05, 4.69) is 59.5 Å². The quantitative estimate of drug-likeness (QED) is 0.759. The summed E-state index contributed by atoms with van der Waals surface area (Å²) in [6.07, 6.45) is 4.09. The van der Waals surface area contributed by atoms with Gasteiger partial charge in [-0.15, -0.1) is 0 Å². The van der Waals surface area contributed by atoms with E-state index in [4.69, 9.17) is 4.74 Å². The van der Waals surface area contributed by atoms with Gasteiger partial charge in [-0.25, -0.2) is 0 Å². The summed E-state index contributed by atoms with van der Waals surface area (Å²) in [4.78, 5) is 13.9. The second-order valence-corrected chi connectivity index (χ2v) is 6.00. The number of ether oxygens (including phenoxy) is 1. The molecular formula is C21H23NO2. The van der Waals surface area contributed by atoms with Crippen molar-refractivity contribution in [2.24, 2.45) is 0 Å². The lowest BCUT2D eigenvalue weighted by Gasteiger charge is -2.38. The van der Waals surface area contributed by atoms with Gasteiger partial charge in [0, 0.05) is 13.1 Å². The van der Waals surface area contributed by atoms with Crippen LogP contribution in [0.3, 0.4) is 0 Å². The Morgan fingerprint density at radius 2 is 1.67 bits per heavy atom. The first-order chi connectivity index (χ1) is 11.8. The number of hydrogen-bond acceptors (Lipinski definition) is 3. The summed E-state index contributed by atoms with van der Waals surface area (Å²) >= 11 is 0. The number of methoxy groups -OCH3 is 1. The van der Waals surface area contributed by atoms with Gasteiger partial charge in [0.2, 0.25) is 0 Å². The predicted octanol–water partition coefficient (Wildman–Crippen LogP) is 3.76. The highest BCUT2D eigenvalue weighted by Crippen LogP contribution is 2.25. The molecule has 1 heterocycles. The molecule has 1 saturated heterocycles. The van der Waals surface area contributed by atoms with Gasteiger partial charge in [-0.3, -0.25) is 9.69 Å². The molecule has 2 aromatic rings. The van der Waals surface area contributed by atoms with Crippen LogP contribution in [-0.2, 0) is 9.53 Å². The molecule has 3 rings (SSSR count). The highest BCUT2D eigenvalue weighted by molar-refractivity contribution is 5.79. The molecule has 3 nitrogen and oxygen atoms in total. The molecule has 0 bridgehead atoms. The van der Waals surface area contributed by atoms with Crippen molar-refractivity contribution in [2.75, 3.05) is 20.2 Å². The van der Waals surface area contributed by atoms with Gasteiger partial charge in [-0.1, -0.05) is 66.7 Å². The van der Waals surface area contributed by atoms with E-state index in [1.165, 1.54) is 23.8 Å². The highest BCUT2D eigenvalue weighted by Gasteiger charge is 2.34. The molecule has 1 fully saturated rings. The van der Waals surface area contributed by atoms with E-state index in [1.54, 1.807) is 0 Å². The van der Waals surface area contributed by atoms with Crippen LogP contribution in [0.15, 0.2) is 66.7 Å². The van der Waals surface area contributed by atoms with Crippen LogP contribution >= 0.6 is 0 Å². The number of rotatable bonds is 6. The third kappa shape index (κ3) is 3.74. The van der Waals surface area contributed by atoms with Crippen LogP contribution < -0.4 is 0 Å². The second-order valence-electron chi connectivity index (χ2n) is 6.00. The summed E-state index contributed by atoms with van der Waals surface area (Å²) in [5.74, 6) is -0.114. The van der Waals surface area contributed by atoms with Crippen LogP contribution in [0.5, 0.6) is 0 Å². The number of benzene rings is 2. The Morgan fingerprint density at radius 3 is 2.12 bits per heavy atom. The van der Waals surface area contributed by atoms with E-state index in [1.807, 2.05) is 12.1 Å². The Hall–Kier alpha value is -2.39. The maximum atomic E-state index is 11.7. The minimum atomic E-state index is -0.114. The molecule has 1 aliphatic heterocycles. The van der Waals surface area contributed by atoms with Gasteiger partial charge in [0.15, 0.2) is 0 Å². The molecule has 124 valence electrons. The van der Waals surface area contributed by atoms with Crippen molar-refractivity contribution < 1.29 is 9.53 Å². The van der Waals surface area contributed by atoms with Crippen molar-refractivity contribution >= 4 is 11.5 Å². The first-order valence-corrected chi connectivity index (χ1v) is 8.42. The van der Waals surface area contributed by atoms with Gasteiger partial charge in [0.25, 0.3) is 0 Å². The molecule has 0 radical (unpaired) electrons. The van der Waals surface area contributed by atoms with E-state index >= 15 is 0 Å². The SMILES string of the molecule is COC(=O)C1CCN1CCC=C(c1ccccc1)c1ccccc1. The minimum Gasteiger partial charge on any atom is -0.468 e. The van der Waals surface area contributed by atoms with Crippen molar-refractivity contribution in [3.05, 3.63) is 77.9 Å². The van der Waals surface area contributed by atoms with Gasteiger partial charge in [0.1, 0.15) is 6.04 Å². The van der Waals surface area contributed by atoms with Crippen LogP contribution in [0.2, 0.25) is 0 Å². The lowest BCUT2D eigenvalue weighted by molar-refractivity contribution is -0.151. The summed E-state index contributed by atoms with van der Waals surface area (Å²) in [5, 5.41) is 0. The molecule has 3 heteroatoms. The van der Waals surface area contributed by atoms with Gasteiger partial charge >= 0.3 is 5.97 Å². The Balaban J connectivity index is 1.72. The summed E-state index contributed by atoms with van der Waals surface area (Å²) in [5.41, 5.74) is 3.68. The number of nitrogens with zero attached hydrogens (tertiary/aromatic N) is 1. The molecule has 0 spiro atoms. The van der Waals surface area contributed by atoms with Crippen LogP contribution in [-0.4, -0.2) is 37.1 Å². The molecule has 24 heavy (non-hydrogen) atoms. The van der Waals surface area contributed by atoms with Crippen molar-refractivity contribution in [3.8, 4) is 0 Å². The monoisotopic (exact) mass is 321 g/mol. The summed E-state index contributed by atoms with van der Waals surface area (Å²) in [7, 11) is 1.46. The van der Waals surface area contributed by atoms with Crippen LogP contribution in [0, 0.1) is 0 Å². The van der Waals surface area contributed by atoms with E-state index in [0.717, 1.165) is 25.9 Å². The maximum absolute atomic E-state index is 11.7. The maximum Gasteiger partial charge on any atom is 0.323 e. The number of carbonyl (C=O) groups is 1. The Bertz CT molecular complexity index is 653. The van der Waals surface area contributed by atoms with Gasteiger partial charge in [-0.2, -0.15) is 0 Å². The zero-order valence-electron chi connectivity index (χ0n) is 14.0.